The van der Waals surface area contributed by atoms with Crippen molar-refractivity contribution in [1.82, 2.24) is 0 Å². The highest BCUT2D eigenvalue weighted by atomic mass is 16.7. The Morgan fingerprint density at radius 2 is 1.37 bits per heavy atom. The number of hydrogen-bond acceptors (Lipinski definition) is 11. The zero-order valence-corrected chi connectivity index (χ0v) is 16.3. The van der Waals surface area contributed by atoms with Crippen LogP contribution in [0, 0.1) is 0 Å². The molecule has 11 heteroatoms. The van der Waals surface area contributed by atoms with Crippen molar-refractivity contribution in [2.75, 3.05) is 6.61 Å². The molecular weight excluding hydrogens is 404 g/mol. The van der Waals surface area contributed by atoms with Crippen molar-refractivity contribution in [1.29, 1.82) is 0 Å². The Bertz CT molecular complexity index is 669. The molecule has 2 fully saturated rings. The van der Waals surface area contributed by atoms with Crippen LogP contribution in [0.25, 0.3) is 0 Å². The summed E-state index contributed by atoms with van der Waals surface area (Å²) in [6.07, 6.45) is -12.7. The molecule has 1 aromatic rings. The Morgan fingerprint density at radius 1 is 0.767 bits per heavy atom. The number of ether oxygens (including phenoxy) is 4. The van der Waals surface area contributed by atoms with E-state index in [1.54, 1.807) is 31.2 Å². The predicted molar refractivity (Wildman–Crippen MR) is 98.0 cm³/mol. The lowest BCUT2D eigenvalue weighted by Gasteiger charge is -2.39. The Labute approximate surface area is 172 Å². The third-order valence-electron chi connectivity index (χ3n) is 5.25. The second kappa shape index (κ2) is 9.83. The molecule has 7 N–H and O–H groups in total. The molecule has 30 heavy (non-hydrogen) atoms. The first-order chi connectivity index (χ1) is 14.2. The van der Waals surface area contributed by atoms with Gasteiger partial charge in [0.2, 0.25) is 6.29 Å². The molecule has 2 aliphatic heterocycles. The highest BCUT2D eigenvalue weighted by molar-refractivity contribution is 5.27. The van der Waals surface area contributed by atoms with Crippen LogP contribution in [0.5, 0.6) is 5.75 Å². The van der Waals surface area contributed by atoms with Crippen LogP contribution >= 0.6 is 0 Å². The first kappa shape index (κ1) is 23.3. The van der Waals surface area contributed by atoms with Crippen LogP contribution in [0.15, 0.2) is 24.3 Å². The van der Waals surface area contributed by atoms with Crippen LogP contribution in [0.2, 0.25) is 0 Å². The summed E-state index contributed by atoms with van der Waals surface area (Å²) in [5.41, 5.74) is 0.660. The minimum atomic E-state index is -1.52. The molecule has 10 atom stereocenters. The molecule has 0 aromatic heterocycles. The first-order valence-corrected chi connectivity index (χ1v) is 9.60. The SMILES string of the molecule is CC1OC(Oc2ccc(COC3OC(CO)C(O)C(O)C3O)cc2)C(O)C(O)C1O. The largest absolute Gasteiger partial charge is 0.462 e. The fourth-order valence-corrected chi connectivity index (χ4v) is 3.29. The van der Waals surface area contributed by atoms with Crippen molar-refractivity contribution in [2.24, 2.45) is 0 Å². The Hall–Kier alpha value is -1.38. The summed E-state index contributed by atoms with van der Waals surface area (Å²) >= 11 is 0. The number of aliphatic hydroxyl groups is 7. The molecule has 0 saturated carbocycles. The number of hydrogen-bond donors (Lipinski definition) is 7. The standard InChI is InChI=1S/C19H28O11/c1-8-12(21)14(23)17(26)19(28-8)29-10-4-2-9(3-5-10)7-27-18-16(25)15(24)13(22)11(6-20)30-18/h2-5,8,11-26H,6-7H2,1H3. The zero-order valence-electron chi connectivity index (χ0n) is 16.3. The smallest absolute Gasteiger partial charge is 0.229 e. The van der Waals surface area contributed by atoms with Crippen LogP contribution in [-0.4, -0.2) is 104 Å². The zero-order chi connectivity index (χ0) is 22.0. The molecule has 11 nitrogen and oxygen atoms in total. The predicted octanol–water partition coefficient (Wildman–Crippen LogP) is -2.79. The molecule has 170 valence electrons. The topological polar surface area (TPSA) is 179 Å². The van der Waals surface area contributed by atoms with Crippen molar-refractivity contribution >= 4 is 0 Å². The van der Waals surface area contributed by atoms with Gasteiger partial charge < -0.3 is 54.7 Å². The monoisotopic (exact) mass is 432 g/mol. The van der Waals surface area contributed by atoms with E-state index in [9.17, 15) is 35.7 Å². The van der Waals surface area contributed by atoms with Crippen LogP contribution < -0.4 is 4.74 Å². The van der Waals surface area contributed by atoms with E-state index >= 15 is 0 Å². The molecule has 2 saturated heterocycles. The molecule has 0 spiro atoms. The average molecular weight is 432 g/mol. The fourth-order valence-electron chi connectivity index (χ4n) is 3.29. The summed E-state index contributed by atoms with van der Waals surface area (Å²) in [5, 5.41) is 68.3. The van der Waals surface area contributed by atoms with Gasteiger partial charge in [0.15, 0.2) is 6.29 Å². The lowest BCUT2D eigenvalue weighted by molar-refractivity contribution is -0.304. The summed E-state index contributed by atoms with van der Waals surface area (Å²) in [5.74, 6) is 0.339. The van der Waals surface area contributed by atoms with Crippen molar-refractivity contribution in [3.63, 3.8) is 0 Å². The normalized spacial score (nSPS) is 42.1. The van der Waals surface area contributed by atoms with Crippen LogP contribution in [-0.2, 0) is 20.8 Å². The maximum absolute atomic E-state index is 10.0. The van der Waals surface area contributed by atoms with Crippen LogP contribution in [0.3, 0.4) is 0 Å². The molecule has 0 amide bonds. The van der Waals surface area contributed by atoms with Crippen LogP contribution in [0.1, 0.15) is 12.5 Å². The van der Waals surface area contributed by atoms with E-state index in [1.807, 2.05) is 0 Å². The van der Waals surface area contributed by atoms with Crippen molar-refractivity contribution < 1.29 is 54.7 Å². The quantitative estimate of drug-likeness (QED) is 0.247. The van der Waals surface area contributed by atoms with E-state index in [2.05, 4.69) is 0 Å². The lowest BCUT2D eigenvalue weighted by Crippen LogP contribution is -2.59. The van der Waals surface area contributed by atoms with Gasteiger partial charge in [0, 0.05) is 0 Å². The lowest BCUT2D eigenvalue weighted by atomic mass is 9.99. The molecule has 0 aliphatic carbocycles. The van der Waals surface area contributed by atoms with Crippen LogP contribution in [0.4, 0.5) is 0 Å². The van der Waals surface area contributed by atoms with Gasteiger partial charge in [0.1, 0.15) is 48.5 Å². The van der Waals surface area contributed by atoms with E-state index in [0.29, 0.717) is 11.3 Å². The van der Waals surface area contributed by atoms with E-state index in [-0.39, 0.29) is 6.61 Å². The van der Waals surface area contributed by atoms with Crippen molar-refractivity contribution in [3.8, 4) is 5.75 Å². The van der Waals surface area contributed by atoms with E-state index in [1.165, 1.54) is 0 Å². The second-order valence-corrected chi connectivity index (χ2v) is 7.45. The van der Waals surface area contributed by atoms with E-state index < -0.39 is 68.0 Å². The molecule has 0 bridgehead atoms. The Morgan fingerprint density at radius 3 is 2.00 bits per heavy atom. The van der Waals surface area contributed by atoms with Gasteiger partial charge in [-0.25, -0.2) is 0 Å². The van der Waals surface area contributed by atoms with Gasteiger partial charge in [0.05, 0.1) is 19.3 Å². The van der Waals surface area contributed by atoms with Gasteiger partial charge >= 0.3 is 0 Å². The number of rotatable bonds is 6. The summed E-state index contributed by atoms with van der Waals surface area (Å²) in [6, 6.07) is 6.43. The van der Waals surface area contributed by atoms with Gasteiger partial charge in [0.25, 0.3) is 0 Å². The Balaban J connectivity index is 1.55. The van der Waals surface area contributed by atoms with Gasteiger partial charge in [-0.15, -0.1) is 0 Å². The molecule has 1 aromatic carbocycles. The number of benzene rings is 1. The van der Waals surface area contributed by atoms with Gasteiger partial charge in [-0.2, -0.15) is 0 Å². The van der Waals surface area contributed by atoms with Crippen molar-refractivity contribution in [3.05, 3.63) is 29.8 Å². The highest BCUT2D eigenvalue weighted by Gasteiger charge is 2.44. The fraction of sp³-hybridized carbons (Fsp3) is 0.684. The molecule has 2 heterocycles. The first-order valence-electron chi connectivity index (χ1n) is 9.60. The maximum Gasteiger partial charge on any atom is 0.229 e. The molecule has 10 unspecified atom stereocenters. The summed E-state index contributed by atoms with van der Waals surface area (Å²) in [6.45, 7) is 0.999. The van der Waals surface area contributed by atoms with E-state index in [4.69, 9.17) is 18.9 Å². The molecule has 2 aliphatic rings. The third-order valence-corrected chi connectivity index (χ3v) is 5.25. The Kier molecular flexibility index (Phi) is 7.63. The number of aliphatic hydroxyl groups excluding tert-OH is 7. The molecular formula is C19H28O11. The van der Waals surface area contributed by atoms with Crippen molar-refractivity contribution in [2.45, 2.75) is 74.9 Å². The molecule has 3 rings (SSSR count). The summed E-state index contributed by atoms with van der Waals surface area (Å²) in [4.78, 5) is 0. The second-order valence-electron chi connectivity index (χ2n) is 7.45. The minimum absolute atomic E-state index is 0.00648. The van der Waals surface area contributed by atoms with Gasteiger partial charge in [-0.05, 0) is 24.6 Å². The average Bonchev–Trinajstić information content (AvgIpc) is 2.75. The minimum Gasteiger partial charge on any atom is -0.462 e. The summed E-state index contributed by atoms with van der Waals surface area (Å²) < 4.78 is 21.6. The highest BCUT2D eigenvalue weighted by Crippen LogP contribution is 2.26. The van der Waals surface area contributed by atoms with Gasteiger partial charge in [-0.1, -0.05) is 12.1 Å². The summed E-state index contributed by atoms with van der Waals surface area (Å²) in [7, 11) is 0. The maximum atomic E-state index is 10.0. The van der Waals surface area contributed by atoms with E-state index in [0.717, 1.165) is 0 Å². The third kappa shape index (κ3) is 4.92. The molecule has 0 radical (unpaired) electrons. The van der Waals surface area contributed by atoms with Gasteiger partial charge in [-0.3, -0.25) is 0 Å².